The molecular weight excluding hydrogens is 211 g/mol. The molecule has 2 rings (SSSR count). The summed E-state index contributed by atoms with van der Waals surface area (Å²) in [6.07, 6.45) is 0. The van der Waals surface area contributed by atoms with Crippen LogP contribution in [-0.4, -0.2) is 15.3 Å². The Labute approximate surface area is 91.7 Å². The fraction of sp³-hybridized carbons (Fsp3) is 0.273. The second kappa shape index (κ2) is 3.68. The van der Waals surface area contributed by atoms with Crippen LogP contribution in [0.15, 0.2) is 28.7 Å². The molecule has 0 saturated heterocycles. The maximum Gasteiger partial charge on any atom is 0.250 e. The highest BCUT2D eigenvalue weighted by molar-refractivity contribution is 5.53. The molecule has 0 atom stereocenters. The summed E-state index contributed by atoms with van der Waals surface area (Å²) >= 11 is 0. The second-order valence-corrected chi connectivity index (χ2v) is 3.95. The van der Waals surface area contributed by atoms with Crippen molar-refractivity contribution in [3.05, 3.63) is 36.0 Å². The predicted molar refractivity (Wildman–Crippen MR) is 54.9 cm³/mol. The fourth-order valence-corrected chi connectivity index (χ4v) is 1.21. The lowest BCUT2D eigenvalue weighted by molar-refractivity contribution is 0.0487. The van der Waals surface area contributed by atoms with Gasteiger partial charge in [0, 0.05) is 0 Å². The molecule has 2 aromatic rings. The predicted octanol–water partition coefficient (Wildman–Crippen LogP) is 2.10. The number of aromatic nitrogens is 2. The first-order chi connectivity index (χ1) is 7.48. The maximum atomic E-state index is 13.4. The van der Waals surface area contributed by atoms with E-state index >= 15 is 0 Å². The highest BCUT2D eigenvalue weighted by atomic mass is 19.1. The molecule has 5 heteroatoms. The Bertz CT molecular complexity index is 503. The Balaban J connectivity index is 2.44. The van der Waals surface area contributed by atoms with Crippen LogP contribution in [0.3, 0.4) is 0 Å². The normalized spacial score (nSPS) is 11.8. The minimum Gasteiger partial charge on any atom is -0.417 e. The molecule has 84 valence electrons. The zero-order chi connectivity index (χ0) is 11.8. The highest BCUT2D eigenvalue weighted by Crippen LogP contribution is 2.25. The molecule has 0 aliphatic rings. The molecule has 1 aromatic carbocycles. The summed E-state index contributed by atoms with van der Waals surface area (Å²) in [5.41, 5.74) is -0.998. The second-order valence-electron chi connectivity index (χ2n) is 3.95. The van der Waals surface area contributed by atoms with E-state index in [9.17, 15) is 9.50 Å². The van der Waals surface area contributed by atoms with Crippen molar-refractivity contribution >= 4 is 0 Å². The van der Waals surface area contributed by atoms with Crippen LogP contribution in [-0.2, 0) is 5.60 Å². The van der Waals surface area contributed by atoms with Gasteiger partial charge in [-0.1, -0.05) is 12.1 Å². The first kappa shape index (κ1) is 10.8. The third-order valence-electron chi connectivity index (χ3n) is 2.05. The van der Waals surface area contributed by atoms with Gasteiger partial charge < -0.3 is 9.52 Å². The van der Waals surface area contributed by atoms with Crippen LogP contribution in [0.4, 0.5) is 4.39 Å². The van der Waals surface area contributed by atoms with Crippen molar-refractivity contribution in [3.8, 4) is 11.5 Å². The van der Waals surface area contributed by atoms with Crippen LogP contribution in [0, 0.1) is 5.82 Å². The minimum atomic E-state index is -1.23. The van der Waals surface area contributed by atoms with Gasteiger partial charge in [-0.15, -0.1) is 10.2 Å². The monoisotopic (exact) mass is 222 g/mol. The molecule has 0 bridgehead atoms. The molecule has 4 nitrogen and oxygen atoms in total. The van der Waals surface area contributed by atoms with Crippen molar-refractivity contribution in [1.82, 2.24) is 10.2 Å². The van der Waals surface area contributed by atoms with Crippen LogP contribution >= 0.6 is 0 Å². The van der Waals surface area contributed by atoms with E-state index in [1.165, 1.54) is 26.0 Å². The fourth-order valence-electron chi connectivity index (χ4n) is 1.21. The number of hydrogen-bond donors (Lipinski definition) is 1. The van der Waals surface area contributed by atoms with Gasteiger partial charge in [-0.25, -0.2) is 4.39 Å². The summed E-state index contributed by atoms with van der Waals surface area (Å²) in [6, 6.07) is 6.10. The lowest BCUT2D eigenvalue weighted by Crippen LogP contribution is -2.15. The summed E-state index contributed by atoms with van der Waals surface area (Å²) in [7, 11) is 0. The molecule has 1 aromatic heterocycles. The first-order valence-electron chi connectivity index (χ1n) is 4.80. The smallest absolute Gasteiger partial charge is 0.250 e. The number of nitrogens with zero attached hydrogens (tertiary/aromatic N) is 2. The van der Waals surface area contributed by atoms with Crippen molar-refractivity contribution in [2.75, 3.05) is 0 Å². The maximum absolute atomic E-state index is 13.4. The van der Waals surface area contributed by atoms with E-state index in [4.69, 9.17) is 4.42 Å². The molecule has 16 heavy (non-hydrogen) atoms. The van der Waals surface area contributed by atoms with E-state index in [1.807, 2.05) is 0 Å². The van der Waals surface area contributed by atoms with Crippen LogP contribution in [0.5, 0.6) is 0 Å². The van der Waals surface area contributed by atoms with Crippen molar-refractivity contribution in [2.24, 2.45) is 0 Å². The van der Waals surface area contributed by atoms with Crippen LogP contribution in [0.1, 0.15) is 19.7 Å². The Morgan fingerprint density at radius 2 is 1.94 bits per heavy atom. The van der Waals surface area contributed by atoms with Gasteiger partial charge in [0.15, 0.2) is 0 Å². The summed E-state index contributed by atoms with van der Waals surface area (Å²) in [4.78, 5) is 0. The van der Waals surface area contributed by atoms with Crippen LogP contribution in [0.2, 0.25) is 0 Å². The largest absolute Gasteiger partial charge is 0.417 e. The molecule has 0 radical (unpaired) electrons. The molecule has 1 heterocycles. The van der Waals surface area contributed by atoms with Crippen LogP contribution in [0.25, 0.3) is 11.5 Å². The molecule has 0 aliphatic heterocycles. The van der Waals surface area contributed by atoms with Crippen molar-refractivity contribution in [1.29, 1.82) is 0 Å². The Kier molecular flexibility index (Phi) is 2.47. The molecule has 0 saturated carbocycles. The van der Waals surface area contributed by atoms with Gasteiger partial charge >= 0.3 is 0 Å². The summed E-state index contributed by atoms with van der Waals surface area (Å²) in [5, 5.41) is 17.0. The number of halogens is 1. The molecule has 0 amide bonds. The van der Waals surface area contributed by atoms with E-state index < -0.39 is 11.4 Å². The molecular formula is C11H11FN2O2. The Morgan fingerprint density at radius 1 is 1.25 bits per heavy atom. The molecule has 0 unspecified atom stereocenters. The van der Waals surface area contributed by atoms with Gasteiger partial charge in [0.1, 0.15) is 11.4 Å². The Hall–Kier alpha value is -1.75. The van der Waals surface area contributed by atoms with Gasteiger partial charge in [-0.3, -0.25) is 0 Å². The van der Waals surface area contributed by atoms with Crippen molar-refractivity contribution in [2.45, 2.75) is 19.4 Å². The van der Waals surface area contributed by atoms with Gasteiger partial charge in [-0.05, 0) is 26.0 Å². The highest BCUT2D eigenvalue weighted by Gasteiger charge is 2.24. The minimum absolute atomic E-state index is 0.0609. The lowest BCUT2D eigenvalue weighted by Gasteiger charge is -2.09. The van der Waals surface area contributed by atoms with Gasteiger partial charge in [0.2, 0.25) is 5.89 Å². The van der Waals surface area contributed by atoms with Gasteiger partial charge in [0.05, 0.1) is 5.56 Å². The van der Waals surface area contributed by atoms with E-state index in [0.717, 1.165) is 0 Å². The quantitative estimate of drug-likeness (QED) is 0.845. The van der Waals surface area contributed by atoms with E-state index in [0.29, 0.717) is 0 Å². The average Bonchev–Trinajstić information content (AvgIpc) is 2.66. The molecule has 0 spiro atoms. The molecule has 1 N–H and O–H groups in total. The number of aliphatic hydroxyl groups is 1. The number of rotatable bonds is 2. The number of benzene rings is 1. The molecule has 0 aliphatic carbocycles. The zero-order valence-corrected chi connectivity index (χ0v) is 8.94. The first-order valence-corrected chi connectivity index (χ1v) is 4.80. The topological polar surface area (TPSA) is 59.2 Å². The molecule has 0 fully saturated rings. The summed E-state index contributed by atoms with van der Waals surface area (Å²) in [5.74, 6) is -0.311. The SMILES string of the molecule is CC(C)(O)c1nnc(-c2ccccc2F)o1. The van der Waals surface area contributed by atoms with Gasteiger partial charge in [0.25, 0.3) is 5.89 Å². The third-order valence-corrected chi connectivity index (χ3v) is 2.05. The van der Waals surface area contributed by atoms with E-state index in [2.05, 4.69) is 10.2 Å². The van der Waals surface area contributed by atoms with Crippen molar-refractivity contribution in [3.63, 3.8) is 0 Å². The summed E-state index contributed by atoms with van der Waals surface area (Å²) < 4.78 is 18.6. The summed E-state index contributed by atoms with van der Waals surface area (Å²) in [6.45, 7) is 3.04. The zero-order valence-electron chi connectivity index (χ0n) is 8.94. The lowest BCUT2D eigenvalue weighted by atomic mass is 10.1. The van der Waals surface area contributed by atoms with Crippen molar-refractivity contribution < 1.29 is 13.9 Å². The van der Waals surface area contributed by atoms with E-state index in [1.54, 1.807) is 12.1 Å². The number of hydrogen-bond acceptors (Lipinski definition) is 4. The third kappa shape index (κ3) is 1.94. The standard InChI is InChI=1S/C11H11FN2O2/c1-11(2,15)10-14-13-9(16-10)7-5-3-4-6-8(7)12/h3-6,15H,1-2H3. The average molecular weight is 222 g/mol. The van der Waals surface area contributed by atoms with Gasteiger partial charge in [-0.2, -0.15) is 0 Å². The van der Waals surface area contributed by atoms with Crippen LogP contribution < -0.4 is 0 Å². The Morgan fingerprint density at radius 3 is 2.50 bits per heavy atom. The van der Waals surface area contributed by atoms with E-state index in [-0.39, 0.29) is 17.3 Å².